The molecular formula is C19H25N5O4. The molecule has 0 atom stereocenters. The molecule has 9 heteroatoms. The summed E-state index contributed by atoms with van der Waals surface area (Å²) in [4.78, 5) is 59.2. The van der Waals surface area contributed by atoms with Gasteiger partial charge in [0.2, 0.25) is 11.8 Å². The third-order valence-corrected chi connectivity index (χ3v) is 5.26. The van der Waals surface area contributed by atoms with Gasteiger partial charge in [-0.25, -0.2) is 0 Å². The first-order chi connectivity index (χ1) is 13.4. The van der Waals surface area contributed by atoms with E-state index in [0.717, 1.165) is 0 Å². The lowest BCUT2D eigenvalue weighted by Gasteiger charge is -2.34. The molecule has 0 saturated carbocycles. The maximum absolute atomic E-state index is 12.8. The van der Waals surface area contributed by atoms with Crippen LogP contribution in [0.1, 0.15) is 34.6 Å². The molecule has 9 nitrogen and oxygen atoms in total. The van der Waals surface area contributed by atoms with E-state index >= 15 is 0 Å². The van der Waals surface area contributed by atoms with Gasteiger partial charge in [0.25, 0.3) is 11.8 Å². The first-order valence-corrected chi connectivity index (χ1v) is 9.41. The Balaban J connectivity index is 1.64. The van der Waals surface area contributed by atoms with Crippen LogP contribution in [0.15, 0.2) is 18.5 Å². The molecule has 1 aromatic heterocycles. The van der Waals surface area contributed by atoms with Gasteiger partial charge in [0.1, 0.15) is 0 Å². The number of carbonyl (C=O) groups is 4. The first kappa shape index (κ1) is 19.8. The zero-order valence-electron chi connectivity index (χ0n) is 16.3. The highest BCUT2D eigenvalue weighted by Crippen LogP contribution is 2.13. The lowest BCUT2D eigenvalue weighted by molar-refractivity contribution is -0.131. The van der Waals surface area contributed by atoms with Crippen molar-refractivity contribution in [3.05, 3.63) is 29.6 Å². The largest absolute Gasteiger partial charge is 0.339 e. The second kappa shape index (κ2) is 8.37. The average molecular weight is 387 g/mol. The molecule has 0 aliphatic carbocycles. The van der Waals surface area contributed by atoms with Gasteiger partial charge < -0.3 is 19.6 Å². The van der Waals surface area contributed by atoms with Gasteiger partial charge >= 0.3 is 0 Å². The molecule has 0 aromatic carbocycles. The van der Waals surface area contributed by atoms with Gasteiger partial charge in [0.15, 0.2) is 0 Å². The summed E-state index contributed by atoms with van der Waals surface area (Å²) in [7, 11) is 0. The molecule has 2 aliphatic rings. The summed E-state index contributed by atoms with van der Waals surface area (Å²) in [6, 6.07) is 1.58. The molecule has 2 saturated heterocycles. The summed E-state index contributed by atoms with van der Waals surface area (Å²) in [5.74, 6) is -0.365. The van der Waals surface area contributed by atoms with Crippen LogP contribution in [-0.4, -0.2) is 101 Å². The van der Waals surface area contributed by atoms with Crippen LogP contribution in [-0.2, 0) is 9.59 Å². The van der Waals surface area contributed by atoms with E-state index in [2.05, 4.69) is 4.98 Å². The second-order valence-corrected chi connectivity index (χ2v) is 7.06. The number of hydrogen-bond acceptors (Lipinski definition) is 5. The monoisotopic (exact) mass is 387 g/mol. The van der Waals surface area contributed by atoms with Crippen LogP contribution in [0.2, 0.25) is 0 Å². The lowest BCUT2D eigenvalue weighted by Crippen LogP contribution is -2.50. The van der Waals surface area contributed by atoms with Gasteiger partial charge in [0.05, 0.1) is 11.1 Å². The predicted molar refractivity (Wildman–Crippen MR) is 101 cm³/mol. The molecule has 2 fully saturated rings. The van der Waals surface area contributed by atoms with Gasteiger partial charge in [-0.2, -0.15) is 0 Å². The highest BCUT2D eigenvalue weighted by molar-refractivity contribution is 5.99. The predicted octanol–water partition coefficient (Wildman–Crippen LogP) is -0.310. The van der Waals surface area contributed by atoms with Crippen LogP contribution in [0.25, 0.3) is 0 Å². The molecule has 0 unspecified atom stereocenters. The van der Waals surface area contributed by atoms with Crippen molar-refractivity contribution < 1.29 is 19.2 Å². The van der Waals surface area contributed by atoms with E-state index in [0.29, 0.717) is 63.5 Å². The summed E-state index contributed by atoms with van der Waals surface area (Å²) in [5.41, 5.74) is 0.731. The Morgan fingerprint density at radius 2 is 0.964 bits per heavy atom. The quantitative estimate of drug-likeness (QED) is 0.694. The van der Waals surface area contributed by atoms with Crippen LogP contribution < -0.4 is 0 Å². The van der Waals surface area contributed by atoms with E-state index in [-0.39, 0.29) is 23.6 Å². The number of hydrogen-bond donors (Lipinski definition) is 0. The Kier molecular flexibility index (Phi) is 5.91. The van der Waals surface area contributed by atoms with Crippen LogP contribution in [0.4, 0.5) is 0 Å². The smallest absolute Gasteiger partial charge is 0.255 e. The SMILES string of the molecule is CC(=O)N1CCN(C(=O)c2cncc(C(=O)N3CCN(C(C)=O)CC3)c2)CC1. The number of aromatic nitrogens is 1. The minimum atomic E-state index is -0.188. The molecule has 150 valence electrons. The molecule has 0 N–H and O–H groups in total. The van der Waals surface area contributed by atoms with E-state index in [9.17, 15) is 19.2 Å². The second-order valence-electron chi connectivity index (χ2n) is 7.06. The molecule has 0 radical (unpaired) electrons. The fourth-order valence-corrected chi connectivity index (χ4v) is 3.49. The molecule has 2 aliphatic heterocycles. The molecule has 0 bridgehead atoms. The van der Waals surface area contributed by atoms with Crippen molar-refractivity contribution in [3.8, 4) is 0 Å². The highest BCUT2D eigenvalue weighted by atomic mass is 16.2. The Hall–Kier alpha value is -2.97. The van der Waals surface area contributed by atoms with Gasteiger partial charge in [-0.05, 0) is 6.07 Å². The van der Waals surface area contributed by atoms with Crippen molar-refractivity contribution in [2.45, 2.75) is 13.8 Å². The molecule has 0 spiro atoms. The maximum Gasteiger partial charge on any atom is 0.255 e. The lowest BCUT2D eigenvalue weighted by atomic mass is 10.1. The van der Waals surface area contributed by atoms with Crippen molar-refractivity contribution in [1.82, 2.24) is 24.6 Å². The molecule has 3 heterocycles. The summed E-state index contributed by atoms with van der Waals surface area (Å²) in [6.07, 6.45) is 2.92. The van der Waals surface area contributed by atoms with Gasteiger partial charge in [-0.15, -0.1) is 0 Å². The van der Waals surface area contributed by atoms with Gasteiger partial charge in [0, 0.05) is 78.6 Å². The normalized spacial score (nSPS) is 17.5. The van der Waals surface area contributed by atoms with E-state index in [1.807, 2.05) is 0 Å². The number of pyridine rings is 1. The van der Waals surface area contributed by atoms with E-state index in [1.165, 1.54) is 26.2 Å². The van der Waals surface area contributed by atoms with Crippen molar-refractivity contribution in [2.75, 3.05) is 52.4 Å². The molecule has 28 heavy (non-hydrogen) atoms. The third-order valence-electron chi connectivity index (χ3n) is 5.26. The average Bonchev–Trinajstić information content (AvgIpc) is 2.73. The van der Waals surface area contributed by atoms with E-state index in [4.69, 9.17) is 0 Å². The van der Waals surface area contributed by atoms with Crippen LogP contribution in [0.3, 0.4) is 0 Å². The Morgan fingerprint density at radius 1 is 0.643 bits per heavy atom. The standard InChI is InChI=1S/C19H25N5O4/c1-14(25)21-3-7-23(8-4-21)18(27)16-11-17(13-20-12-16)19(28)24-9-5-22(6-10-24)15(2)26/h11-13H,3-10H2,1-2H3. The number of rotatable bonds is 2. The minimum Gasteiger partial charge on any atom is -0.339 e. The third kappa shape index (κ3) is 4.29. The minimum absolute atomic E-state index is 0.00577. The highest BCUT2D eigenvalue weighted by Gasteiger charge is 2.26. The van der Waals surface area contributed by atoms with Crippen molar-refractivity contribution >= 4 is 23.6 Å². The number of piperazine rings is 2. The summed E-state index contributed by atoms with van der Waals surface area (Å²) in [5, 5.41) is 0. The van der Waals surface area contributed by atoms with Gasteiger partial charge in [-0.3, -0.25) is 24.2 Å². The zero-order chi connectivity index (χ0) is 20.3. The maximum atomic E-state index is 12.8. The number of amides is 4. The fourth-order valence-electron chi connectivity index (χ4n) is 3.49. The summed E-state index contributed by atoms with van der Waals surface area (Å²) >= 11 is 0. The van der Waals surface area contributed by atoms with Crippen LogP contribution in [0.5, 0.6) is 0 Å². The van der Waals surface area contributed by atoms with E-state index in [1.54, 1.807) is 25.7 Å². The summed E-state index contributed by atoms with van der Waals surface area (Å²) < 4.78 is 0. The van der Waals surface area contributed by atoms with Gasteiger partial charge in [-0.1, -0.05) is 0 Å². The first-order valence-electron chi connectivity index (χ1n) is 9.41. The van der Waals surface area contributed by atoms with Crippen molar-refractivity contribution in [3.63, 3.8) is 0 Å². The van der Waals surface area contributed by atoms with Crippen molar-refractivity contribution in [1.29, 1.82) is 0 Å². The Labute approximate surface area is 163 Å². The summed E-state index contributed by atoms with van der Waals surface area (Å²) in [6.45, 7) is 6.92. The topological polar surface area (TPSA) is 94.1 Å². The van der Waals surface area contributed by atoms with Crippen LogP contribution in [0, 0.1) is 0 Å². The number of nitrogens with zero attached hydrogens (tertiary/aromatic N) is 5. The van der Waals surface area contributed by atoms with Crippen LogP contribution >= 0.6 is 0 Å². The molecule has 3 rings (SSSR count). The molecule has 1 aromatic rings. The number of carbonyl (C=O) groups excluding carboxylic acids is 4. The molecular weight excluding hydrogens is 362 g/mol. The fraction of sp³-hybridized carbons (Fsp3) is 0.526. The Morgan fingerprint density at radius 3 is 1.29 bits per heavy atom. The van der Waals surface area contributed by atoms with E-state index < -0.39 is 0 Å². The van der Waals surface area contributed by atoms with Crippen molar-refractivity contribution in [2.24, 2.45) is 0 Å². The zero-order valence-corrected chi connectivity index (χ0v) is 16.3. The molecule has 4 amide bonds. The Bertz CT molecular complexity index is 719.